The van der Waals surface area contributed by atoms with Crippen LogP contribution in [-0.4, -0.2) is 27.8 Å². The molecule has 2 aromatic heterocycles. The lowest BCUT2D eigenvalue weighted by atomic mass is 10.1. The second-order valence-corrected chi connectivity index (χ2v) is 7.09. The maximum Gasteiger partial charge on any atom is 0.196 e. The van der Waals surface area contributed by atoms with Crippen LogP contribution in [0.5, 0.6) is 0 Å². The molecule has 0 radical (unpaired) electrons. The normalized spacial score (nSPS) is 15.2. The second kappa shape index (κ2) is 6.72. The predicted molar refractivity (Wildman–Crippen MR) is 101 cm³/mol. The number of hydrogen-bond acceptors (Lipinski definition) is 5. The summed E-state index contributed by atoms with van der Waals surface area (Å²) >= 11 is 1.68. The summed E-state index contributed by atoms with van der Waals surface area (Å²) in [6, 6.07) is 20.8. The number of hydrogen-bond donors (Lipinski definition) is 0. The van der Waals surface area contributed by atoms with Gasteiger partial charge >= 0.3 is 0 Å². The fourth-order valence-corrected chi connectivity index (χ4v) is 4.15. The number of benzene rings is 2. The Balaban J connectivity index is 1.63. The number of para-hydroxylation sites is 1. The van der Waals surface area contributed by atoms with E-state index < -0.39 is 0 Å². The number of thioether (sulfide) groups is 1. The van der Waals surface area contributed by atoms with Gasteiger partial charge in [0.25, 0.3) is 0 Å². The van der Waals surface area contributed by atoms with Crippen molar-refractivity contribution in [3.63, 3.8) is 0 Å². The van der Waals surface area contributed by atoms with E-state index in [0.717, 1.165) is 33.0 Å². The van der Waals surface area contributed by atoms with Crippen LogP contribution in [0.15, 0.2) is 65.8 Å². The van der Waals surface area contributed by atoms with E-state index in [1.807, 2.05) is 18.2 Å². The van der Waals surface area contributed by atoms with Crippen molar-refractivity contribution in [2.45, 2.75) is 17.2 Å². The molecule has 6 heteroatoms. The quantitative estimate of drug-likeness (QED) is 0.508. The van der Waals surface area contributed by atoms with Crippen molar-refractivity contribution in [3.8, 4) is 0 Å². The molecule has 26 heavy (non-hydrogen) atoms. The van der Waals surface area contributed by atoms with E-state index in [-0.39, 0.29) is 6.29 Å². The zero-order chi connectivity index (χ0) is 17.3. The molecular formula is C20H17N3O2S. The summed E-state index contributed by atoms with van der Waals surface area (Å²) in [4.78, 5) is 0. The summed E-state index contributed by atoms with van der Waals surface area (Å²) < 4.78 is 13.6. The van der Waals surface area contributed by atoms with Gasteiger partial charge in [0.05, 0.1) is 24.3 Å². The van der Waals surface area contributed by atoms with E-state index in [0.29, 0.717) is 13.2 Å². The third kappa shape index (κ3) is 2.76. The summed E-state index contributed by atoms with van der Waals surface area (Å²) in [5, 5.41) is 10.9. The fraction of sp³-hybridized carbons (Fsp3) is 0.200. The molecule has 5 nitrogen and oxygen atoms in total. The van der Waals surface area contributed by atoms with Crippen molar-refractivity contribution in [3.05, 3.63) is 71.8 Å². The van der Waals surface area contributed by atoms with Gasteiger partial charge in [0.2, 0.25) is 0 Å². The molecule has 1 saturated heterocycles. The first kappa shape index (κ1) is 15.8. The monoisotopic (exact) mass is 363 g/mol. The SMILES string of the molecule is c1ccc(CSc2nnc3c(C4OCCO4)cc4ccccc4n23)cc1. The molecule has 0 bridgehead atoms. The Morgan fingerprint density at radius 2 is 1.73 bits per heavy atom. The van der Waals surface area contributed by atoms with Gasteiger partial charge in [0.1, 0.15) is 0 Å². The van der Waals surface area contributed by atoms with Gasteiger partial charge in [-0.25, -0.2) is 0 Å². The summed E-state index contributed by atoms with van der Waals surface area (Å²) in [6.07, 6.45) is -0.377. The zero-order valence-electron chi connectivity index (χ0n) is 14.0. The van der Waals surface area contributed by atoms with Crippen molar-refractivity contribution >= 4 is 28.3 Å². The number of nitrogens with zero attached hydrogens (tertiary/aromatic N) is 3. The predicted octanol–water partition coefficient (Wildman–Crippen LogP) is 4.22. The first-order chi connectivity index (χ1) is 12.9. The van der Waals surface area contributed by atoms with Crippen LogP contribution in [0.4, 0.5) is 0 Å². The third-order valence-corrected chi connectivity index (χ3v) is 5.47. The van der Waals surface area contributed by atoms with Crippen molar-refractivity contribution in [2.75, 3.05) is 13.2 Å². The van der Waals surface area contributed by atoms with Gasteiger partial charge < -0.3 is 9.47 Å². The lowest BCUT2D eigenvalue weighted by molar-refractivity contribution is -0.0432. The maximum absolute atomic E-state index is 5.72. The molecule has 0 N–H and O–H groups in total. The number of aromatic nitrogens is 3. The minimum Gasteiger partial charge on any atom is -0.346 e. The van der Waals surface area contributed by atoms with Crippen molar-refractivity contribution in [1.29, 1.82) is 0 Å². The highest BCUT2D eigenvalue weighted by molar-refractivity contribution is 7.98. The number of fused-ring (bicyclic) bond motifs is 3. The molecular weight excluding hydrogens is 346 g/mol. The van der Waals surface area contributed by atoms with Crippen LogP contribution in [0.2, 0.25) is 0 Å². The van der Waals surface area contributed by atoms with Gasteiger partial charge in [0.15, 0.2) is 17.1 Å². The molecule has 0 unspecified atom stereocenters. The van der Waals surface area contributed by atoms with Crippen LogP contribution < -0.4 is 0 Å². The first-order valence-corrected chi connectivity index (χ1v) is 9.55. The van der Waals surface area contributed by atoms with Crippen LogP contribution in [0.25, 0.3) is 16.6 Å². The Kier molecular flexibility index (Phi) is 4.09. The fourth-order valence-electron chi connectivity index (χ4n) is 3.25. The average molecular weight is 363 g/mol. The molecule has 1 fully saturated rings. The minimum atomic E-state index is -0.377. The molecule has 1 aliphatic rings. The summed E-state index contributed by atoms with van der Waals surface area (Å²) in [7, 11) is 0. The lowest BCUT2D eigenvalue weighted by Gasteiger charge is -2.13. The largest absolute Gasteiger partial charge is 0.346 e. The van der Waals surface area contributed by atoms with Crippen molar-refractivity contribution in [1.82, 2.24) is 14.6 Å². The van der Waals surface area contributed by atoms with E-state index >= 15 is 0 Å². The summed E-state index contributed by atoms with van der Waals surface area (Å²) in [5.41, 5.74) is 4.08. The molecule has 5 rings (SSSR count). The summed E-state index contributed by atoms with van der Waals surface area (Å²) in [6.45, 7) is 1.21. The van der Waals surface area contributed by atoms with Gasteiger partial charge in [-0.2, -0.15) is 0 Å². The first-order valence-electron chi connectivity index (χ1n) is 8.57. The standard InChI is InChI=1S/C20H17N3O2S/c1-2-6-14(7-3-1)13-26-20-22-21-18-16(19-24-10-11-25-19)12-15-8-4-5-9-17(15)23(18)20/h1-9,12,19H,10-11,13H2. The van der Waals surface area contributed by atoms with Gasteiger partial charge in [-0.05, 0) is 23.1 Å². The highest BCUT2D eigenvalue weighted by Gasteiger charge is 2.24. The van der Waals surface area contributed by atoms with Gasteiger partial charge in [-0.15, -0.1) is 10.2 Å². The average Bonchev–Trinajstić information content (AvgIpc) is 3.37. The van der Waals surface area contributed by atoms with E-state index in [1.54, 1.807) is 11.8 Å². The Bertz CT molecular complexity index is 1060. The Morgan fingerprint density at radius 3 is 2.58 bits per heavy atom. The van der Waals surface area contributed by atoms with Crippen molar-refractivity contribution in [2.24, 2.45) is 0 Å². The molecule has 2 aromatic carbocycles. The molecule has 0 atom stereocenters. The topological polar surface area (TPSA) is 48.7 Å². The van der Waals surface area contributed by atoms with Crippen LogP contribution in [0, 0.1) is 0 Å². The van der Waals surface area contributed by atoms with Crippen LogP contribution in [0.3, 0.4) is 0 Å². The highest BCUT2D eigenvalue weighted by Crippen LogP contribution is 2.33. The number of rotatable bonds is 4. The van der Waals surface area contributed by atoms with E-state index in [2.05, 4.69) is 57.1 Å². The van der Waals surface area contributed by atoms with E-state index in [1.165, 1.54) is 5.56 Å². The van der Waals surface area contributed by atoms with Crippen LogP contribution in [0.1, 0.15) is 17.4 Å². The Morgan fingerprint density at radius 1 is 0.962 bits per heavy atom. The van der Waals surface area contributed by atoms with Gasteiger partial charge in [-0.1, -0.05) is 60.3 Å². The Hall–Kier alpha value is -2.41. The molecule has 4 aromatic rings. The molecule has 3 heterocycles. The maximum atomic E-state index is 5.72. The summed E-state index contributed by atoms with van der Waals surface area (Å²) in [5.74, 6) is 0.844. The van der Waals surface area contributed by atoms with E-state index in [4.69, 9.17) is 9.47 Å². The molecule has 130 valence electrons. The van der Waals surface area contributed by atoms with Gasteiger partial charge in [-0.3, -0.25) is 4.40 Å². The smallest absolute Gasteiger partial charge is 0.196 e. The van der Waals surface area contributed by atoms with Crippen LogP contribution >= 0.6 is 11.8 Å². The van der Waals surface area contributed by atoms with E-state index in [9.17, 15) is 0 Å². The lowest BCUT2D eigenvalue weighted by Crippen LogP contribution is -2.03. The third-order valence-electron chi connectivity index (χ3n) is 4.47. The number of pyridine rings is 1. The van der Waals surface area contributed by atoms with Gasteiger partial charge in [0, 0.05) is 5.75 Å². The molecule has 0 spiro atoms. The minimum absolute atomic E-state index is 0.377. The van der Waals surface area contributed by atoms with Crippen LogP contribution in [-0.2, 0) is 15.2 Å². The highest BCUT2D eigenvalue weighted by atomic mass is 32.2. The number of ether oxygens (including phenoxy) is 2. The Labute approximate surface area is 155 Å². The molecule has 0 amide bonds. The molecule has 0 saturated carbocycles. The second-order valence-electron chi connectivity index (χ2n) is 6.15. The molecule has 0 aliphatic carbocycles. The zero-order valence-corrected chi connectivity index (χ0v) is 14.9. The van der Waals surface area contributed by atoms with Crippen molar-refractivity contribution < 1.29 is 9.47 Å². The molecule has 1 aliphatic heterocycles.